The van der Waals surface area contributed by atoms with E-state index in [1.807, 2.05) is 17.5 Å². The maximum absolute atomic E-state index is 11.4. The standard InChI is InChI=1S/C9H11NO2S/c1-10(4-5-11)9(12)7-8-3-2-6-13-8/h2-3,5-6H,4,7H2,1H3. The zero-order chi connectivity index (χ0) is 9.68. The molecule has 4 heteroatoms. The molecule has 0 N–H and O–H groups in total. The lowest BCUT2D eigenvalue weighted by Gasteiger charge is -2.12. The Morgan fingerprint density at radius 3 is 3.00 bits per heavy atom. The van der Waals surface area contributed by atoms with Gasteiger partial charge in [0, 0.05) is 11.9 Å². The zero-order valence-electron chi connectivity index (χ0n) is 7.40. The summed E-state index contributed by atoms with van der Waals surface area (Å²) in [6.07, 6.45) is 1.12. The summed E-state index contributed by atoms with van der Waals surface area (Å²) < 4.78 is 0. The van der Waals surface area contributed by atoms with E-state index in [1.54, 1.807) is 18.4 Å². The Morgan fingerprint density at radius 2 is 2.46 bits per heavy atom. The Balaban J connectivity index is 2.45. The quantitative estimate of drug-likeness (QED) is 0.674. The summed E-state index contributed by atoms with van der Waals surface area (Å²) in [6, 6.07) is 3.82. The number of amides is 1. The molecule has 0 fully saturated rings. The molecule has 0 unspecified atom stereocenters. The van der Waals surface area contributed by atoms with E-state index in [1.165, 1.54) is 4.90 Å². The minimum atomic E-state index is -0.0189. The third-order valence-electron chi connectivity index (χ3n) is 1.68. The fourth-order valence-electron chi connectivity index (χ4n) is 0.911. The number of nitrogens with zero attached hydrogens (tertiary/aromatic N) is 1. The number of likely N-dealkylation sites (N-methyl/N-ethyl adjacent to an activating group) is 1. The zero-order valence-corrected chi connectivity index (χ0v) is 8.21. The second kappa shape index (κ2) is 4.77. The lowest BCUT2D eigenvalue weighted by molar-refractivity contribution is -0.131. The number of thiophene rings is 1. The van der Waals surface area contributed by atoms with Gasteiger partial charge in [0.2, 0.25) is 5.91 Å². The van der Waals surface area contributed by atoms with Crippen LogP contribution in [0.1, 0.15) is 4.88 Å². The van der Waals surface area contributed by atoms with Crippen molar-refractivity contribution < 1.29 is 9.59 Å². The van der Waals surface area contributed by atoms with Crippen molar-refractivity contribution in [2.45, 2.75) is 6.42 Å². The molecule has 0 aliphatic heterocycles. The monoisotopic (exact) mass is 197 g/mol. The van der Waals surface area contributed by atoms with Crippen molar-refractivity contribution in [3.05, 3.63) is 22.4 Å². The highest BCUT2D eigenvalue weighted by molar-refractivity contribution is 7.10. The molecule has 0 bridgehead atoms. The van der Waals surface area contributed by atoms with Gasteiger partial charge in [0.25, 0.3) is 0 Å². The van der Waals surface area contributed by atoms with E-state index >= 15 is 0 Å². The van der Waals surface area contributed by atoms with Gasteiger partial charge in [-0.15, -0.1) is 11.3 Å². The van der Waals surface area contributed by atoms with E-state index in [4.69, 9.17) is 0 Å². The number of carbonyl (C=O) groups is 2. The Bertz CT molecular complexity index is 282. The highest BCUT2D eigenvalue weighted by atomic mass is 32.1. The van der Waals surface area contributed by atoms with Gasteiger partial charge in [0.15, 0.2) is 0 Å². The van der Waals surface area contributed by atoms with Crippen LogP contribution in [0.5, 0.6) is 0 Å². The molecule has 0 spiro atoms. The first-order valence-corrected chi connectivity index (χ1v) is 4.82. The lowest BCUT2D eigenvalue weighted by atomic mass is 10.3. The molecular weight excluding hydrogens is 186 g/mol. The van der Waals surface area contributed by atoms with Gasteiger partial charge in [-0.05, 0) is 11.4 Å². The maximum atomic E-state index is 11.4. The summed E-state index contributed by atoms with van der Waals surface area (Å²) in [7, 11) is 1.63. The number of carbonyl (C=O) groups excluding carboxylic acids is 2. The largest absolute Gasteiger partial charge is 0.338 e. The van der Waals surface area contributed by atoms with Crippen molar-refractivity contribution >= 4 is 23.5 Å². The van der Waals surface area contributed by atoms with Crippen molar-refractivity contribution in [2.75, 3.05) is 13.6 Å². The first-order valence-electron chi connectivity index (χ1n) is 3.94. The summed E-state index contributed by atoms with van der Waals surface area (Å²) in [4.78, 5) is 24.0. The molecule has 13 heavy (non-hydrogen) atoms. The molecule has 0 aromatic carbocycles. The molecule has 3 nitrogen and oxygen atoms in total. The molecule has 0 aliphatic rings. The fraction of sp³-hybridized carbons (Fsp3) is 0.333. The van der Waals surface area contributed by atoms with Crippen LogP contribution in [0, 0.1) is 0 Å². The van der Waals surface area contributed by atoms with Crippen molar-refractivity contribution in [3.63, 3.8) is 0 Å². The van der Waals surface area contributed by atoms with Crippen LogP contribution in [-0.2, 0) is 16.0 Å². The molecule has 1 heterocycles. The molecule has 0 radical (unpaired) electrons. The molecular formula is C9H11NO2S. The maximum Gasteiger partial charge on any atom is 0.227 e. The SMILES string of the molecule is CN(CC=O)C(=O)Cc1cccs1. The van der Waals surface area contributed by atoms with E-state index in [9.17, 15) is 9.59 Å². The van der Waals surface area contributed by atoms with E-state index in [2.05, 4.69) is 0 Å². The average molecular weight is 197 g/mol. The van der Waals surface area contributed by atoms with Crippen molar-refractivity contribution in [3.8, 4) is 0 Å². The smallest absolute Gasteiger partial charge is 0.227 e. The molecule has 1 aromatic heterocycles. The predicted molar refractivity (Wildman–Crippen MR) is 51.7 cm³/mol. The van der Waals surface area contributed by atoms with Gasteiger partial charge in [0.05, 0.1) is 13.0 Å². The molecule has 0 aliphatic carbocycles. The number of aldehydes is 1. The van der Waals surface area contributed by atoms with E-state index in [-0.39, 0.29) is 12.5 Å². The highest BCUT2D eigenvalue weighted by Crippen LogP contribution is 2.09. The van der Waals surface area contributed by atoms with Gasteiger partial charge in [-0.25, -0.2) is 0 Å². The normalized spacial score (nSPS) is 9.62. The molecule has 1 aromatic rings. The lowest BCUT2D eigenvalue weighted by Crippen LogP contribution is -2.29. The summed E-state index contributed by atoms with van der Waals surface area (Å²) in [5, 5.41) is 1.93. The third-order valence-corrected chi connectivity index (χ3v) is 2.56. The van der Waals surface area contributed by atoms with Crippen molar-refractivity contribution in [1.29, 1.82) is 0 Å². The van der Waals surface area contributed by atoms with E-state index in [0.29, 0.717) is 6.42 Å². The molecule has 0 saturated heterocycles. The Morgan fingerprint density at radius 1 is 1.69 bits per heavy atom. The molecule has 1 rings (SSSR count). The Hall–Kier alpha value is -1.16. The predicted octanol–water partition coefficient (Wildman–Crippen LogP) is 0.948. The van der Waals surface area contributed by atoms with Crippen LogP contribution < -0.4 is 0 Å². The van der Waals surface area contributed by atoms with Crippen LogP contribution in [0.25, 0.3) is 0 Å². The van der Waals surface area contributed by atoms with Crippen molar-refractivity contribution in [1.82, 2.24) is 4.90 Å². The minimum Gasteiger partial charge on any atom is -0.338 e. The van der Waals surface area contributed by atoms with Gasteiger partial charge in [-0.1, -0.05) is 6.07 Å². The van der Waals surface area contributed by atoms with Crippen LogP contribution in [0.3, 0.4) is 0 Å². The molecule has 70 valence electrons. The minimum absolute atomic E-state index is 0.0189. The molecule has 1 amide bonds. The van der Waals surface area contributed by atoms with E-state index < -0.39 is 0 Å². The Kier molecular flexibility index (Phi) is 3.64. The topological polar surface area (TPSA) is 37.4 Å². The Labute approximate surface area is 81.0 Å². The summed E-state index contributed by atoms with van der Waals surface area (Å²) in [5.41, 5.74) is 0. The van der Waals surface area contributed by atoms with Gasteiger partial charge < -0.3 is 9.69 Å². The van der Waals surface area contributed by atoms with Gasteiger partial charge in [-0.2, -0.15) is 0 Å². The van der Waals surface area contributed by atoms with Gasteiger partial charge in [-0.3, -0.25) is 4.79 Å². The first-order chi connectivity index (χ1) is 6.24. The van der Waals surface area contributed by atoms with Gasteiger partial charge >= 0.3 is 0 Å². The van der Waals surface area contributed by atoms with Crippen LogP contribution in [0.2, 0.25) is 0 Å². The average Bonchev–Trinajstić information content (AvgIpc) is 2.57. The van der Waals surface area contributed by atoms with Crippen LogP contribution in [0.4, 0.5) is 0 Å². The molecule has 0 saturated carbocycles. The number of rotatable bonds is 4. The summed E-state index contributed by atoms with van der Waals surface area (Å²) in [5.74, 6) is -0.0189. The summed E-state index contributed by atoms with van der Waals surface area (Å²) >= 11 is 1.55. The number of hydrogen-bond donors (Lipinski definition) is 0. The summed E-state index contributed by atoms with van der Waals surface area (Å²) in [6.45, 7) is 0.171. The second-order valence-corrected chi connectivity index (χ2v) is 3.73. The van der Waals surface area contributed by atoms with Crippen molar-refractivity contribution in [2.24, 2.45) is 0 Å². The van der Waals surface area contributed by atoms with Crippen LogP contribution in [0.15, 0.2) is 17.5 Å². The van der Waals surface area contributed by atoms with E-state index in [0.717, 1.165) is 11.2 Å². The highest BCUT2D eigenvalue weighted by Gasteiger charge is 2.08. The molecule has 0 atom stereocenters. The van der Waals surface area contributed by atoms with Gasteiger partial charge in [0.1, 0.15) is 6.29 Å². The third kappa shape index (κ3) is 2.99. The van der Waals surface area contributed by atoms with Crippen LogP contribution in [-0.4, -0.2) is 30.7 Å². The first kappa shape index (κ1) is 9.92. The fourth-order valence-corrected chi connectivity index (χ4v) is 1.61. The second-order valence-electron chi connectivity index (χ2n) is 2.70. The number of hydrogen-bond acceptors (Lipinski definition) is 3. The van der Waals surface area contributed by atoms with Crippen LogP contribution >= 0.6 is 11.3 Å².